The zero-order chi connectivity index (χ0) is 14.1. The molecule has 1 aromatic carbocycles. The number of hydrogen-bond donors (Lipinski definition) is 1. The normalized spacial score (nSPS) is 14.2. The first-order valence-electron chi connectivity index (χ1n) is 6.53. The van der Waals surface area contributed by atoms with Gasteiger partial charge in [-0.15, -0.1) is 0 Å². The van der Waals surface area contributed by atoms with Crippen LogP contribution in [0.3, 0.4) is 0 Å². The highest BCUT2D eigenvalue weighted by Gasteiger charge is 2.34. The second-order valence-electron chi connectivity index (χ2n) is 4.97. The molecule has 1 aliphatic rings. The van der Waals surface area contributed by atoms with Gasteiger partial charge < -0.3 is 10.0 Å². The van der Waals surface area contributed by atoms with E-state index < -0.39 is 5.97 Å². The van der Waals surface area contributed by atoms with Crippen LogP contribution in [-0.2, 0) is 4.79 Å². The highest BCUT2D eigenvalue weighted by atomic mass is 16.4. The summed E-state index contributed by atoms with van der Waals surface area (Å²) in [6, 6.07) is 9.03. The second kappa shape index (κ2) is 4.92. The van der Waals surface area contributed by atoms with Crippen LogP contribution in [0.15, 0.2) is 36.5 Å². The van der Waals surface area contributed by atoms with Crippen molar-refractivity contribution >= 4 is 22.8 Å². The molecule has 0 radical (unpaired) electrons. The third kappa shape index (κ3) is 2.47. The lowest BCUT2D eigenvalue weighted by Crippen LogP contribution is -2.37. The molecule has 1 aliphatic carbocycles. The number of aromatic nitrogens is 1. The summed E-state index contributed by atoms with van der Waals surface area (Å²) in [5.74, 6) is -1.20. The van der Waals surface area contributed by atoms with E-state index >= 15 is 0 Å². The van der Waals surface area contributed by atoms with Crippen molar-refractivity contribution in [3.63, 3.8) is 0 Å². The van der Waals surface area contributed by atoms with E-state index in [1.54, 1.807) is 24.4 Å². The van der Waals surface area contributed by atoms with E-state index in [0.29, 0.717) is 5.56 Å². The summed E-state index contributed by atoms with van der Waals surface area (Å²) in [4.78, 5) is 29.0. The standard InChI is InChI=1S/C15H14N2O3/c18-14(19)9-17(12-4-5-12)15(20)11-3-6-13-10(8-11)2-1-7-16-13/h1-3,6-8,12H,4-5,9H2,(H,18,19). The van der Waals surface area contributed by atoms with Crippen molar-refractivity contribution in [1.29, 1.82) is 0 Å². The molecule has 1 aromatic heterocycles. The number of benzene rings is 1. The predicted octanol–water partition coefficient (Wildman–Crippen LogP) is 1.92. The van der Waals surface area contributed by atoms with Crippen molar-refractivity contribution in [1.82, 2.24) is 9.88 Å². The molecule has 3 rings (SSSR count). The molecular weight excluding hydrogens is 256 g/mol. The molecule has 5 heteroatoms. The van der Waals surface area contributed by atoms with Gasteiger partial charge in [-0.2, -0.15) is 0 Å². The average Bonchev–Trinajstić information content (AvgIpc) is 3.28. The highest BCUT2D eigenvalue weighted by molar-refractivity contribution is 5.99. The van der Waals surface area contributed by atoms with Crippen LogP contribution in [0.1, 0.15) is 23.2 Å². The average molecular weight is 270 g/mol. The third-order valence-electron chi connectivity index (χ3n) is 3.40. The van der Waals surface area contributed by atoms with Gasteiger partial charge >= 0.3 is 5.97 Å². The molecule has 2 aromatic rings. The number of fused-ring (bicyclic) bond motifs is 1. The summed E-state index contributed by atoms with van der Waals surface area (Å²) in [5, 5.41) is 9.80. The number of nitrogens with zero attached hydrogens (tertiary/aromatic N) is 2. The Morgan fingerprint density at radius 2 is 2.10 bits per heavy atom. The molecular formula is C15H14N2O3. The minimum absolute atomic E-state index is 0.0724. The van der Waals surface area contributed by atoms with E-state index in [9.17, 15) is 9.59 Å². The molecule has 0 saturated heterocycles. The van der Waals surface area contributed by atoms with Gasteiger partial charge in [0.05, 0.1) is 5.52 Å². The highest BCUT2D eigenvalue weighted by Crippen LogP contribution is 2.28. The lowest BCUT2D eigenvalue weighted by molar-refractivity contribution is -0.137. The Balaban J connectivity index is 1.92. The molecule has 1 fully saturated rings. The lowest BCUT2D eigenvalue weighted by Gasteiger charge is -2.20. The van der Waals surface area contributed by atoms with Crippen LogP contribution in [0.2, 0.25) is 0 Å². The minimum atomic E-state index is -0.979. The van der Waals surface area contributed by atoms with Crippen molar-refractivity contribution in [2.45, 2.75) is 18.9 Å². The second-order valence-corrected chi connectivity index (χ2v) is 4.97. The third-order valence-corrected chi connectivity index (χ3v) is 3.40. The van der Waals surface area contributed by atoms with Gasteiger partial charge in [-0.05, 0) is 37.1 Å². The number of carbonyl (C=O) groups excluding carboxylic acids is 1. The van der Waals surface area contributed by atoms with E-state index in [1.807, 2.05) is 12.1 Å². The van der Waals surface area contributed by atoms with E-state index in [2.05, 4.69) is 4.98 Å². The molecule has 0 unspecified atom stereocenters. The van der Waals surface area contributed by atoms with Crippen LogP contribution < -0.4 is 0 Å². The Hall–Kier alpha value is -2.43. The Morgan fingerprint density at radius 3 is 2.80 bits per heavy atom. The zero-order valence-corrected chi connectivity index (χ0v) is 10.8. The fourth-order valence-electron chi connectivity index (χ4n) is 2.27. The molecule has 5 nitrogen and oxygen atoms in total. The van der Waals surface area contributed by atoms with Crippen LogP contribution >= 0.6 is 0 Å². The molecule has 0 spiro atoms. The first-order chi connectivity index (χ1) is 9.65. The van der Waals surface area contributed by atoms with Gasteiger partial charge in [0.25, 0.3) is 5.91 Å². The van der Waals surface area contributed by atoms with Crippen LogP contribution in [-0.4, -0.2) is 39.5 Å². The monoisotopic (exact) mass is 270 g/mol. The minimum Gasteiger partial charge on any atom is -0.480 e. The molecule has 1 N–H and O–H groups in total. The number of amides is 1. The summed E-state index contributed by atoms with van der Waals surface area (Å²) in [6.07, 6.45) is 3.47. The van der Waals surface area contributed by atoms with Gasteiger partial charge in [-0.25, -0.2) is 0 Å². The van der Waals surface area contributed by atoms with E-state index in [4.69, 9.17) is 5.11 Å². The van der Waals surface area contributed by atoms with Crippen molar-refractivity contribution in [2.75, 3.05) is 6.54 Å². The molecule has 0 atom stereocenters. The summed E-state index contributed by atoms with van der Waals surface area (Å²) in [7, 11) is 0. The number of carbonyl (C=O) groups is 2. The molecule has 102 valence electrons. The SMILES string of the molecule is O=C(O)CN(C(=O)c1ccc2ncccc2c1)C1CC1. The smallest absolute Gasteiger partial charge is 0.323 e. The Morgan fingerprint density at radius 1 is 1.30 bits per heavy atom. The number of pyridine rings is 1. The number of hydrogen-bond acceptors (Lipinski definition) is 3. The quantitative estimate of drug-likeness (QED) is 0.921. The summed E-state index contributed by atoms with van der Waals surface area (Å²) < 4.78 is 0. The van der Waals surface area contributed by atoms with Crippen LogP contribution in [0.25, 0.3) is 10.9 Å². The Bertz CT molecular complexity index is 680. The fourth-order valence-corrected chi connectivity index (χ4v) is 2.27. The van der Waals surface area contributed by atoms with Gasteiger partial charge in [0.2, 0.25) is 0 Å². The van der Waals surface area contributed by atoms with Crippen molar-refractivity contribution < 1.29 is 14.7 Å². The van der Waals surface area contributed by atoms with Gasteiger partial charge in [0, 0.05) is 23.2 Å². The maximum atomic E-state index is 12.4. The molecule has 1 saturated carbocycles. The lowest BCUT2D eigenvalue weighted by atomic mass is 10.1. The van der Waals surface area contributed by atoms with Crippen LogP contribution in [0, 0.1) is 0 Å². The molecule has 0 aliphatic heterocycles. The van der Waals surface area contributed by atoms with E-state index in [1.165, 1.54) is 4.90 Å². The van der Waals surface area contributed by atoms with Crippen LogP contribution in [0.4, 0.5) is 0 Å². The van der Waals surface area contributed by atoms with Crippen molar-refractivity contribution in [3.8, 4) is 0 Å². The van der Waals surface area contributed by atoms with Gasteiger partial charge in [-0.3, -0.25) is 14.6 Å². The molecule has 1 amide bonds. The number of rotatable bonds is 4. The van der Waals surface area contributed by atoms with E-state index in [-0.39, 0.29) is 18.5 Å². The van der Waals surface area contributed by atoms with Gasteiger partial charge in [0.15, 0.2) is 0 Å². The molecule has 0 bridgehead atoms. The van der Waals surface area contributed by atoms with Gasteiger partial charge in [-0.1, -0.05) is 6.07 Å². The Labute approximate surface area is 115 Å². The topological polar surface area (TPSA) is 70.5 Å². The Kier molecular flexibility index (Phi) is 3.10. The summed E-state index contributed by atoms with van der Waals surface area (Å²) in [5.41, 5.74) is 1.33. The van der Waals surface area contributed by atoms with Crippen LogP contribution in [0.5, 0.6) is 0 Å². The first-order valence-corrected chi connectivity index (χ1v) is 6.53. The largest absolute Gasteiger partial charge is 0.480 e. The van der Waals surface area contributed by atoms with Gasteiger partial charge in [0.1, 0.15) is 6.54 Å². The number of carboxylic acid groups (broad SMARTS) is 1. The molecule has 1 heterocycles. The number of aliphatic carboxylic acids is 1. The van der Waals surface area contributed by atoms with E-state index in [0.717, 1.165) is 23.7 Å². The fraction of sp³-hybridized carbons (Fsp3) is 0.267. The summed E-state index contributed by atoms with van der Waals surface area (Å²) >= 11 is 0. The summed E-state index contributed by atoms with van der Waals surface area (Å²) in [6.45, 7) is -0.241. The van der Waals surface area contributed by atoms with Crippen molar-refractivity contribution in [2.24, 2.45) is 0 Å². The van der Waals surface area contributed by atoms with Crippen molar-refractivity contribution in [3.05, 3.63) is 42.1 Å². The molecule has 20 heavy (non-hydrogen) atoms. The first kappa shape index (κ1) is 12.6. The maximum Gasteiger partial charge on any atom is 0.323 e. The maximum absolute atomic E-state index is 12.4. The number of carboxylic acids is 1. The zero-order valence-electron chi connectivity index (χ0n) is 10.8. The predicted molar refractivity (Wildman–Crippen MR) is 73.4 cm³/mol.